The van der Waals surface area contributed by atoms with Crippen LogP contribution in [0.1, 0.15) is 38.5 Å². The Morgan fingerprint density at radius 3 is 2.69 bits per heavy atom. The van der Waals surface area contributed by atoms with Crippen molar-refractivity contribution in [2.45, 2.75) is 50.7 Å². The van der Waals surface area contributed by atoms with Gasteiger partial charge in [-0.3, -0.25) is 0 Å². The molecule has 1 N–H and O–H groups in total. The first-order valence-electron chi connectivity index (χ1n) is 6.26. The molecule has 0 radical (unpaired) electrons. The molecule has 1 saturated heterocycles. The lowest BCUT2D eigenvalue weighted by Gasteiger charge is -2.39. The number of piperidine rings is 1. The number of hydrogen-bond acceptors (Lipinski definition) is 3. The number of nitrogens with zero attached hydrogens (tertiary/aromatic N) is 1. The second kappa shape index (κ2) is 5.04. The molecule has 0 spiro atoms. The van der Waals surface area contributed by atoms with E-state index in [0.29, 0.717) is 0 Å². The number of aliphatic hydroxyl groups excluding tert-OH is 1. The Morgan fingerprint density at radius 2 is 2.06 bits per heavy atom. The number of likely N-dealkylation sites (tertiary alicyclic amines) is 1. The number of carbonyl (C=O) groups excluding carboxylic acids is 1. The van der Waals surface area contributed by atoms with Crippen LogP contribution in [0.25, 0.3) is 0 Å². The van der Waals surface area contributed by atoms with Crippen LogP contribution >= 0.6 is 0 Å². The summed E-state index contributed by atoms with van der Waals surface area (Å²) in [4.78, 5) is 13.5. The zero-order chi connectivity index (χ0) is 11.5. The molecule has 4 heteroatoms. The second-order valence-electron chi connectivity index (χ2n) is 4.89. The molecule has 2 fully saturated rings. The Morgan fingerprint density at radius 1 is 1.25 bits per heavy atom. The maximum absolute atomic E-state index is 11.7. The zero-order valence-electron chi connectivity index (χ0n) is 9.89. The molecular formula is C12H21NO3. The predicted octanol–water partition coefficient (Wildman–Crippen LogP) is 1.77. The first-order chi connectivity index (χ1) is 7.74. The van der Waals surface area contributed by atoms with Crippen molar-refractivity contribution in [1.82, 2.24) is 4.90 Å². The normalized spacial score (nSPS) is 35.1. The predicted molar refractivity (Wildman–Crippen MR) is 60.1 cm³/mol. The summed E-state index contributed by atoms with van der Waals surface area (Å²) in [6.07, 6.45) is 5.76. The van der Waals surface area contributed by atoms with E-state index in [1.54, 1.807) is 0 Å². The van der Waals surface area contributed by atoms with Crippen LogP contribution in [-0.2, 0) is 4.74 Å². The summed E-state index contributed by atoms with van der Waals surface area (Å²) >= 11 is 0. The van der Waals surface area contributed by atoms with Gasteiger partial charge in [-0.25, -0.2) is 4.79 Å². The Hall–Kier alpha value is -0.770. The number of amides is 1. The molecule has 1 amide bonds. The van der Waals surface area contributed by atoms with Crippen LogP contribution in [0, 0.1) is 5.92 Å². The van der Waals surface area contributed by atoms with Crippen molar-refractivity contribution < 1.29 is 14.6 Å². The van der Waals surface area contributed by atoms with Gasteiger partial charge in [0, 0.05) is 18.5 Å². The summed E-state index contributed by atoms with van der Waals surface area (Å²) in [5.41, 5.74) is 0. The van der Waals surface area contributed by atoms with Crippen molar-refractivity contribution >= 4 is 6.09 Å². The van der Waals surface area contributed by atoms with Crippen molar-refractivity contribution in [3.8, 4) is 0 Å². The molecule has 0 aromatic rings. The van der Waals surface area contributed by atoms with Crippen molar-refractivity contribution in [1.29, 1.82) is 0 Å². The van der Waals surface area contributed by atoms with Crippen LogP contribution in [0.15, 0.2) is 0 Å². The van der Waals surface area contributed by atoms with Gasteiger partial charge in [-0.15, -0.1) is 0 Å². The van der Waals surface area contributed by atoms with Gasteiger partial charge in [0.2, 0.25) is 0 Å². The van der Waals surface area contributed by atoms with Crippen LogP contribution in [0.2, 0.25) is 0 Å². The van der Waals surface area contributed by atoms with Gasteiger partial charge in [0.15, 0.2) is 0 Å². The Bertz CT molecular complexity index is 257. The minimum absolute atomic E-state index is 0.193. The largest absolute Gasteiger partial charge is 0.453 e. The molecule has 0 bridgehead atoms. The molecule has 3 atom stereocenters. The summed E-state index contributed by atoms with van der Waals surface area (Å²) < 4.78 is 4.82. The monoisotopic (exact) mass is 227 g/mol. The molecule has 2 rings (SSSR count). The molecule has 2 aliphatic rings. The number of ether oxygens (including phenoxy) is 1. The quantitative estimate of drug-likeness (QED) is 0.742. The average molecular weight is 227 g/mol. The highest BCUT2D eigenvalue weighted by atomic mass is 16.5. The highest BCUT2D eigenvalue weighted by Crippen LogP contribution is 2.35. The number of rotatable bonds is 1. The summed E-state index contributed by atoms with van der Waals surface area (Å²) in [6, 6.07) is 0.193. The minimum atomic E-state index is -0.233. The summed E-state index contributed by atoms with van der Waals surface area (Å²) in [7, 11) is 1.43. The van der Waals surface area contributed by atoms with E-state index >= 15 is 0 Å². The van der Waals surface area contributed by atoms with Crippen LogP contribution in [0.5, 0.6) is 0 Å². The molecule has 0 aromatic heterocycles. The summed E-state index contributed by atoms with van der Waals surface area (Å²) in [5.74, 6) is 0.263. The van der Waals surface area contributed by atoms with Gasteiger partial charge in [0.25, 0.3) is 0 Å². The third kappa shape index (κ3) is 2.17. The topological polar surface area (TPSA) is 49.8 Å². The standard InChI is InChI=1S/C12H21NO3/c1-16-12(15)13-8-3-2-6-10(13)9-5-4-7-11(9)14/h9-11,14H,2-8H2,1H3. The molecule has 1 saturated carbocycles. The molecule has 4 nitrogen and oxygen atoms in total. The first-order valence-corrected chi connectivity index (χ1v) is 6.26. The van der Waals surface area contributed by atoms with Crippen LogP contribution < -0.4 is 0 Å². The fourth-order valence-corrected chi connectivity index (χ4v) is 3.16. The van der Waals surface area contributed by atoms with E-state index in [0.717, 1.165) is 45.1 Å². The van der Waals surface area contributed by atoms with E-state index in [1.165, 1.54) is 7.11 Å². The van der Waals surface area contributed by atoms with Crippen LogP contribution in [0.4, 0.5) is 4.79 Å². The van der Waals surface area contributed by atoms with Gasteiger partial charge in [-0.2, -0.15) is 0 Å². The van der Waals surface area contributed by atoms with Crippen LogP contribution in [0.3, 0.4) is 0 Å². The molecule has 1 aliphatic heterocycles. The number of hydrogen-bond donors (Lipinski definition) is 1. The fourth-order valence-electron chi connectivity index (χ4n) is 3.16. The lowest BCUT2D eigenvalue weighted by Crippen LogP contribution is -2.49. The van der Waals surface area contributed by atoms with Gasteiger partial charge < -0.3 is 14.7 Å². The maximum atomic E-state index is 11.7. The van der Waals surface area contributed by atoms with E-state index in [2.05, 4.69) is 0 Å². The Kier molecular flexibility index (Phi) is 3.69. The molecule has 0 aromatic carbocycles. The van der Waals surface area contributed by atoms with E-state index in [1.807, 2.05) is 4.90 Å². The maximum Gasteiger partial charge on any atom is 0.409 e. The lowest BCUT2D eigenvalue weighted by atomic mass is 9.88. The van der Waals surface area contributed by atoms with Crippen molar-refractivity contribution in [3.63, 3.8) is 0 Å². The minimum Gasteiger partial charge on any atom is -0.453 e. The first kappa shape index (κ1) is 11.7. The van der Waals surface area contributed by atoms with Gasteiger partial charge in [0.1, 0.15) is 0 Å². The number of methoxy groups -OCH3 is 1. The van der Waals surface area contributed by atoms with Gasteiger partial charge in [-0.05, 0) is 32.1 Å². The molecule has 1 heterocycles. The second-order valence-corrected chi connectivity index (χ2v) is 4.89. The molecule has 1 aliphatic carbocycles. The summed E-state index contributed by atoms with van der Waals surface area (Å²) in [5, 5.41) is 9.93. The SMILES string of the molecule is COC(=O)N1CCCCC1C1CCCC1O. The Balaban J connectivity index is 2.06. The lowest BCUT2D eigenvalue weighted by molar-refractivity contribution is 0.0316. The highest BCUT2D eigenvalue weighted by molar-refractivity contribution is 5.68. The summed E-state index contributed by atoms with van der Waals surface area (Å²) in [6.45, 7) is 0.778. The molecule has 16 heavy (non-hydrogen) atoms. The van der Waals surface area contributed by atoms with E-state index in [-0.39, 0.29) is 24.2 Å². The van der Waals surface area contributed by atoms with E-state index in [4.69, 9.17) is 4.74 Å². The molecular weight excluding hydrogens is 206 g/mol. The van der Waals surface area contributed by atoms with E-state index < -0.39 is 0 Å². The average Bonchev–Trinajstić information content (AvgIpc) is 2.74. The highest BCUT2D eigenvalue weighted by Gasteiger charge is 2.39. The Labute approximate surface area is 96.6 Å². The number of carbonyl (C=O) groups is 1. The fraction of sp³-hybridized carbons (Fsp3) is 0.917. The van der Waals surface area contributed by atoms with Gasteiger partial charge in [-0.1, -0.05) is 6.42 Å². The van der Waals surface area contributed by atoms with Crippen molar-refractivity contribution in [2.24, 2.45) is 5.92 Å². The van der Waals surface area contributed by atoms with Gasteiger partial charge in [0.05, 0.1) is 13.2 Å². The van der Waals surface area contributed by atoms with Crippen molar-refractivity contribution in [3.05, 3.63) is 0 Å². The third-order valence-electron chi connectivity index (χ3n) is 3.98. The third-order valence-corrected chi connectivity index (χ3v) is 3.98. The van der Waals surface area contributed by atoms with Gasteiger partial charge >= 0.3 is 6.09 Å². The zero-order valence-corrected chi connectivity index (χ0v) is 9.89. The molecule has 3 unspecified atom stereocenters. The van der Waals surface area contributed by atoms with E-state index in [9.17, 15) is 9.90 Å². The van der Waals surface area contributed by atoms with Crippen molar-refractivity contribution in [2.75, 3.05) is 13.7 Å². The van der Waals surface area contributed by atoms with Crippen LogP contribution in [-0.4, -0.2) is 41.9 Å². The molecule has 92 valence electrons. The number of aliphatic hydroxyl groups is 1. The smallest absolute Gasteiger partial charge is 0.409 e.